The Hall–Kier alpha value is 0.0200. The number of rotatable bonds is 4. The molecule has 0 aromatic rings. The molecule has 1 saturated carbocycles. The molecule has 0 aromatic carbocycles. The third-order valence-corrected chi connectivity index (χ3v) is 7.99. The molecule has 5 nitrogen and oxygen atoms in total. The predicted molar refractivity (Wildman–Crippen MR) is 108 cm³/mol. The number of aliphatic hydroxyl groups excluding tert-OH is 1. The lowest BCUT2D eigenvalue weighted by Gasteiger charge is -2.51. The van der Waals surface area contributed by atoms with E-state index in [4.69, 9.17) is 23.1 Å². The van der Waals surface area contributed by atoms with Gasteiger partial charge in [-0.25, -0.2) is 4.39 Å². The van der Waals surface area contributed by atoms with Crippen molar-refractivity contribution in [3.05, 3.63) is 0 Å². The van der Waals surface area contributed by atoms with Crippen LogP contribution in [0.15, 0.2) is 0 Å². The summed E-state index contributed by atoms with van der Waals surface area (Å²) in [5.74, 6) is 1.58. The third kappa shape index (κ3) is 4.78. The molecule has 5 N–H and O–H groups in total. The Balaban J connectivity index is 1.74. The molecular formula is C20H38ClFN4O. The molecule has 0 radical (unpaired) electrons. The summed E-state index contributed by atoms with van der Waals surface area (Å²) in [5.41, 5.74) is 12.1. The number of aliphatic hydroxyl groups is 1. The van der Waals surface area contributed by atoms with Crippen LogP contribution in [0.5, 0.6) is 0 Å². The van der Waals surface area contributed by atoms with Gasteiger partial charge in [0.25, 0.3) is 0 Å². The van der Waals surface area contributed by atoms with Crippen molar-refractivity contribution in [2.24, 2.45) is 29.2 Å². The lowest BCUT2D eigenvalue weighted by Crippen LogP contribution is -2.60. The van der Waals surface area contributed by atoms with Gasteiger partial charge in [0.2, 0.25) is 0 Å². The number of likely N-dealkylation sites (tertiary alicyclic amines) is 2. The molecule has 9 unspecified atom stereocenters. The highest BCUT2D eigenvalue weighted by molar-refractivity contribution is 6.21. The van der Waals surface area contributed by atoms with Crippen LogP contribution in [0.2, 0.25) is 0 Å². The van der Waals surface area contributed by atoms with E-state index in [1.54, 1.807) is 0 Å². The average molecular weight is 405 g/mol. The van der Waals surface area contributed by atoms with Crippen molar-refractivity contribution in [3.8, 4) is 0 Å². The van der Waals surface area contributed by atoms with Crippen LogP contribution in [0, 0.1) is 17.8 Å². The van der Waals surface area contributed by atoms with Crippen molar-refractivity contribution in [2.75, 3.05) is 20.1 Å². The van der Waals surface area contributed by atoms with E-state index in [9.17, 15) is 9.50 Å². The molecule has 0 bridgehead atoms. The fourth-order valence-corrected chi connectivity index (χ4v) is 6.28. The molecule has 3 rings (SSSR count). The first kappa shape index (κ1) is 21.7. The highest BCUT2D eigenvalue weighted by Gasteiger charge is 2.44. The van der Waals surface area contributed by atoms with Crippen LogP contribution in [0.4, 0.5) is 4.39 Å². The molecule has 158 valence electrons. The first-order valence-corrected chi connectivity index (χ1v) is 11.2. The zero-order chi connectivity index (χ0) is 19.7. The second-order valence-corrected chi connectivity index (χ2v) is 9.78. The van der Waals surface area contributed by atoms with Gasteiger partial charge in [-0.05, 0) is 83.2 Å². The van der Waals surface area contributed by atoms with Crippen LogP contribution >= 0.6 is 11.6 Å². The maximum atomic E-state index is 13.9. The second-order valence-electron chi connectivity index (χ2n) is 9.22. The van der Waals surface area contributed by atoms with Crippen molar-refractivity contribution in [1.29, 1.82) is 0 Å². The Kier molecular flexibility index (Phi) is 7.42. The Morgan fingerprint density at radius 3 is 2.52 bits per heavy atom. The summed E-state index contributed by atoms with van der Waals surface area (Å²) >= 11 is 6.32. The smallest absolute Gasteiger partial charge is 0.117 e. The summed E-state index contributed by atoms with van der Waals surface area (Å²) in [6.45, 7) is 3.95. The van der Waals surface area contributed by atoms with Gasteiger partial charge >= 0.3 is 0 Å². The zero-order valence-corrected chi connectivity index (χ0v) is 17.6. The van der Waals surface area contributed by atoms with E-state index in [1.807, 2.05) is 6.92 Å². The molecule has 0 amide bonds. The number of halogens is 2. The molecule has 2 saturated heterocycles. The second kappa shape index (κ2) is 9.23. The minimum Gasteiger partial charge on any atom is -0.377 e. The molecule has 27 heavy (non-hydrogen) atoms. The Bertz CT molecular complexity index is 485. The lowest BCUT2D eigenvalue weighted by molar-refractivity contribution is -0.0392. The fourth-order valence-electron chi connectivity index (χ4n) is 5.93. The topological polar surface area (TPSA) is 78.8 Å². The maximum Gasteiger partial charge on any atom is 0.117 e. The molecule has 1 aliphatic carbocycles. The highest BCUT2D eigenvalue weighted by Crippen LogP contribution is 2.43. The Morgan fingerprint density at radius 1 is 1.15 bits per heavy atom. The van der Waals surface area contributed by atoms with Crippen molar-refractivity contribution in [3.63, 3.8) is 0 Å². The predicted octanol–water partition coefficient (Wildman–Crippen LogP) is 2.10. The van der Waals surface area contributed by atoms with Gasteiger partial charge in [0.15, 0.2) is 0 Å². The van der Waals surface area contributed by atoms with Crippen molar-refractivity contribution in [2.45, 2.75) is 87.9 Å². The number of hydrogen-bond donors (Lipinski definition) is 3. The summed E-state index contributed by atoms with van der Waals surface area (Å²) in [4.78, 5) is 4.69. The van der Waals surface area contributed by atoms with Crippen LogP contribution in [0.1, 0.15) is 51.9 Å². The largest absolute Gasteiger partial charge is 0.377 e. The van der Waals surface area contributed by atoms with Crippen LogP contribution in [-0.4, -0.2) is 71.1 Å². The molecule has 7 heteroatoms. The van der Waals surface area contributed by atoms with Gasteiger partial charge in [-0.15, -0.1) is 11.6 Å². The average Bonchev–Trinajstić information content (AvgIpc) is 2.63. The van der Waals surface area contributed by atoms with Crippen LogP contribution in [-0.2, 0) is 0 Å². The highest BCUT2D eigenvalue weighted by atomic mass is 35.5. The molecule has 2 heterocycles. The molecule has 0 spiro atoms. The van der Waals surface area contributed by atoms with E-state index in [1.165, 1.54) is 12.8 Å². The summed E-state index contributed by atoms with van der Waals surface area (Å²) < 4.78 is 13.9. The Morgan fingerprint density at radius 2 is 1.85 bits per heavy atom. The fraction of sp³-hybridized carbons (Fsp3) is 1.00. The van der Waals surface area contributed by atoms with Gasteiger partial charge < -0.3 is 21.5 Å². The van der Waals surface area contributed by atoms with Gasteiger partial charge in [0.05, 0.1) is 11.5 Å². The summed E-state index contributed by atoms with van der Waals surface area (Å²) in [6.07, 6.45) is 5.00. The summed E-state index contributed by atoms with van der Waals surface area (Å²) in [6, 6.07) is 0.323. The molecule has 9 atom stereocenters. The van der Waals surface area contributed by atoms with E-state index in [0.717, 1.165) is 38.8 Å². The minimum absolute atomic E-state index is 0.0385. The van der Waals surface area contributed by atoms with E-state index >= 15 is 0 Å². The normalized spacial score (nSPS) is 44.8. The third-order valence-electron chi connectivity index (χ3n) is 7.54. The molecule has 0 aromatic heterocycles. The molecule has 3 fully saturated rings. The lowest BCUT2D eigenvalue weighted by atomic mass is 9.68. The monoisotopic (exact) mass is 404 g/mol. The van der Waals surface area contributed by atoms with Gasteiger partial charge in [-0.1, -0.05) is 0 Å². The summed E-state index contributed by atoms with van der Waals surface area (Å²) in [5, 5.41) is 9.52. The summed E-state index contributed by atoms with van der Waals surface area (Å²) in [7, 11) is 2.22. The van der Waals surface area contributed by atoms with Crippen LogP contribution in [0.25, 0.3) is 0 Å². The first-order chi connectivity index (χ1) is 12.8. The van der Waals surface area contributed by atoms with Crippen molar-refractivity contribution >= 4 is 11.6 Å². The Labute approximate surface area is 168 Å². The number of alkyl halides is 2. The van der Waals surface area contributed by atoms with Gasteiger partial charge in [-0.2, -0.15) is 0 Å². The minimum atomic E-state index is -0.878. The standard InChI is InChI=1S/C20H38ClFN4O/c1-12(20(24)27)26-11-14(6-8-18(26)23)15-4-3-9-25(2)19(15)13-5-7-17(22)16(21)10-13/h12-20,27H,3-11,23-24H2,1-2H3. The number of nitrogens with two attached hydrogens (primary N) is 2. The first-order valence-electron chi connectivity index (χ1n) is 10.7. The van der Waals surface area contributed by atoms with E-state index in [2.05, 4.69) is 16.8 Å². The molecule has 2 aliphatic heterocycles. The van der Waals surface area contributed by atoms with Gasteiger partial charge in [-0.3, -0.25) is 4.90 Å². The SMILES string of the molecule is CC(C(N)O)N1CC(C2CCCN(C)C2C2CCC(F)C(Cl)C2)CCC1N. The quantitative estimate of drug-likeness (QED) is 0.494. The van der Waals surface area contributed by atoms with E-state index in [0.29, 0.717) is 30.2 Å². The number of hydrogen-bond acceptors (Lipinski definition) is 5. The van der Waals surface area contributed by atoms with Crippen molar-refractivity contribution in [1.82, 2.24) is 9.80 Å². The van der Waals surface area contributed by atoms with Crippen molar-refractivity contribution < 1.29 is 9.50 Å². The molecular weight excluding hydrogens is 367 g/mol. The van der Waals surface area contributed by atoms with Crippen LogP contribution in [0.3, 0.4) is 0 Å². The van der Waals surface area contributed by atoms with E-state index in [-0.39, 0.29) is 17.6 Å². The number of piperidine rings is 2. The van der Waals surface area contributed by atoms with Crippen LogP contribution < -0.4 is 11.5 Å². The molecule has 3 aliphatic rings. The number of nitrogens with zero attached hydrogens (tertiary/aromatic N) is 2. The maximum absolute atomic E-state index is 13.9. The van der Waals surface area contributed by atoms with E-state index < -0.39 is 12.4 Å². The zero-order valence-electron chi connectivity index (χ0n) is 16.8. The van der Waals surface area contributed by atoms with Gasteiger partial charge in [0.1, 0.15) is 12.4 Å². The van der Waals surface area contributed by atoms with Gasteiger partial charge in [0, 0.05) is 18.6 Å².